The highest BCUT2D eigenvalue weighted by Crippen LogP contribution is 2.21. The summed E-state index contributed by atoms with van der Waals surface area (Å²) in [5.74, 6) is -0.844. The van der Waals surface area contributed by atoms with Gasteiger partial charge >= 0.3 is 6.18 Å². The number of rotatable bonds is 9. The summed E-state index contributed by atoms with van der Waals surface area (Å²) < 4.78 is 50.9. The third-order valence-electron chi connectivity index (χ3n) is 4.84. The summed E-state index contributed by atoms with van der Waals surface area (Å²) in [5, 5.41) is 12.2. The number of carbonyl (C=O) groups is 3. The second-order valence-corrected chi connectivity index (χ2v) is 8.37. The molecule has 1 aromatic heterocycles. The fraction of sp³-hybridized carbons (Fsp3) is 0.450. The largest absolute Gasteiger partial charge is 0.405 e. The van der Waals surface area contributed by atoms with Gasteiger partial charge in [0, 0.05) is 11.3 Å². The first-order valence-corrected chi connectivity index (χ1v) is 11.1. The van der Waals surface area contributed by atoms with Gasteiger partial charge in [-0.3, -0.25) is 18.8 Å². The Morgan fingerprint density at radius 1 is 1.15 bits per heavy atom. The van der Waals surface area contributed by atoms with Gasteiger partial charge in [-0.2, -0.15) is 13.2 Å². The van der Waals surface area contributed by atoms with Gasteiger partial charge in [-0.05, 0) is 49.9 Å². The van der Waals surface area contributed by atoms with Crippen LogP contribution in [0.25, 0.3) is 5.69 Å². The van der Waals surface area contributed by atoms with Crippen LogP contribution < -0.4 is 10.6 Å². The molecular weight excluding hydrogens is 466 g/mol. The van der Waals surface area contributed by atoms with Crippen molar-refractivity contribution in [2.45, 2.75) is 37.9 Å². The van der Waals surface area contributed by atoms with Gasteiger partial charge < -0.3 is 10.6 Å². The molecule has 33 heavy (non-hydrogen) atoms. The molecule has 2 N–H and O–H groups in total. The van der Waals surface area contributed by atoms with Crippen molar-refractivity contribution in [3.05, 3.63) is 41.2 Å². The molecule has 1 atom stereocenters. The number of benzene rings is 1. The molecule has 3 rings (SSSR count). The number of alkyl halides is 4. The Hall–Kier alpha value is -2.96. The summed E-state index contributed by atoms with van der Waals surface area (Å²) in [4.78, 5) is 36.5. The molecule has 13 heteroatoms. The maximum atomic E-state index is 12.7. The Bertz CT molecular complexity index is 1010. The van der Waals surface area contributed by atoms with Crippen molar-refractivity contribution in [1.82, 2.24) is 25.6 Å². The van der Waals surface area contributed by atoms with Crippen molar-refractivity contribution >= 4 is 28.7 Å². The third-order valence-corrected chi connectivity index (χ3v) is 5.85. The lowest BCUT2D eigenvalue weighted by molar-refractivity contribution is -0.123. The number of hydrogen-bond donors (Lipinski definition) is 2. The second kappa shape index (κ2) is 10.8. The van der Waals surface area contributed by atoms with Crippen LogP contribution in [0.5, 0.6) is 0 Å². The summed E-state index contributed by atoms with van der Waals surface area (Å²) in [7, 11) is 0. The zero-order valence-electron chi connectivity index (χ0n) is 17.3. The van der Waals surface area contributed by atoms with Crippen LogP contribution in [0, 0.1) is 0 Å². The number of amides is 2. The number of unbranched alkanes of at least 4 members (excludes halogenated alkanes) is 1. The van der Waals surface area contributed by atoms with Crippen molar-refractivity contribution < 1.29 is 31.9 Å². The van der Waals surface area contributed by atoms with Gasteiger partial charge in [0.15, 0.2) is 5.69 Å². The predicted octanol–water partition coefficient (Wildman–Crippen LogP) is 2.61. The highest BCUT2D eigenvalue weighted by Gasteiger charge is 2.30. The molecule has 0 spiro atoms. The zero-order valence-corrected chi connectivity index (χ0v) is 18.1. The predicted molar refractivity (Wildman–Crippen MR) is 112 cm³/mol. The summed E-state index contributed by atoms with van der Waals surface area (Å²) in [6.07, 6.45) is -3.05. The number of halogens is 4. The lowest BCUT2D eigenvalue weighted by Gasteiger charge is -2.11. The second-order valence-electron chi connectivity index (χ2n) is 7.27. The topological polar surface area (TPSA) is 106 Å². The van der Waals surface area contributed by atoms with E-state index in [1.807, 2.05) is 0 Å². The average Bonchev–Trinajstić information content (AvgIpc) is 3.38. The van der Waals surface area contributed by atoms with E-state index in [-0.39, 0.29) is 29.2 Å². The minimum Gasteiger partial charge on any atom is -0.343 e. The highest BCUT2D eigenvalue weighted by atomic mass is 32.2. The van der Waals surface area contributed by atoms with Crippen LogP contribution in [0.3, 0.4) is 0 Å². The molecule has 0 saturated carbocycles. The Morgan fingerprint density at radius 3 is 2.48 bits per heavy atom. The van der Waals surface area contributed by atoms with Crippen molar-refractivity contribution in [1.29, 1.82) is 0 Å². The molecule has 178 valence electrons. The van der Waals surface area contributed by atoms with E-state index in [0.717, 1.165) is 11.8 Å². The number of aromatic nitrogens is 3. The maximum Gasteiger partial charge on any atom is 0.405 e. The Kier molecular flexibility index (Phi) is 8.06. The van der Waals surface area contributed by atoms with Gasteiger partial charge in [0.1, 0.15) is 6.54 Å². The van der Waals surface area contributed by atoms with E-state index in [0.29, 0.717) is 30.0 Å². The van der Waals surface area contributed by atoms with Crippen LogP contribution in [0.15, 0.2) is 24.3 Å². The van der Waals surface area contributed by atoms with Crippen molar-refractivity contribution in [2.75, 3.05) is 19.0 Å². The van der Waals surface area contributed by atoms with Crippen molar-refractivity contribution in [3.63, 3.8) is 0 Å². The van der Waals surface area contributed by atoms with Crippen LogP contribution in [0.4, 0.5) is 17.6 Å². The molecule has 2 amide bonds. The van der Waals surface area contributed by atoms with Crippen molar-refractivity contribution in [3.8, 4) is 5.69 Å². The zero-order chi connectivity index (χ0) is 24.0. The van der Waals surface area contributed by atoms with Gasteiger partial charge in [-0.25, -0.2) is 4.68 Å². The van der Waals surface area contributed by atoms with E-state index in [1.165, 1.54) is 28.9 Å². The average molecular weight is 487 g/mol. The molecule has 1 saturated heterocycles. The molecule has 0 bridgehead atoms. The van der Waals surface area contributed by atoms with Crippen LogP contribution in [0.2, 0.25) is 0 Å². The van der Waals surface area contributed by atoms with E-state index in [2.05, 4.69) is 15.6 Å². The summed E-state index contributed by atoms with van der Waals surface area (Å²) >= 11 is 1.14. The van der Waals surface area contributed by atoms with Crippen molar-refractivity contribution in [2.24, 2.45) is 0 Å². The lowest BCUT2D eigenvalue weighted by atomic mass is 10.1. The van der Waals surface area contributed by atoms with Gasteiger partial charge in [-0.15, -0.1) is 5.10 Å². The van der Waals surface area contributed by atoms with Gasteiger partial charge in [0.05, 0.1) is 24.1 Å². The van der Waals surface area contributed by atoms with E-state index < -0.39 is 37.3 Å². The number of nitrogens with zero attached hydrogens (tertiary/aromatic N) is 3. The van der Waals surface area contributed by atoms with Gasteiger partial charge in [0.2, 0.25) is 5.12 Å². The molecule has 0 aliphatic carbocycles. The highest BCUT2D eigenvalue weighted by molar-refractivity contribution is 8.14. The van der Waals surface area contributed by atoms with E-state index in [1.54, 1.807) is 5.32 Å². The SMILES string of the molecule is O=C(NCC(F)(F)F)c1ccc(-n2nnc(C(=O)NC3CCSC3=O)c2CCCCF)cc1. The minimum absolute atomic E-state index is 0.00514. The molecule has 2 aromatic rings. The fourth-order valence-corrected chi connectivity index (χ4v) is 4.12. The summed E-state index contributed by atoms with van der Waals surface area (Å²) in [6, 6.07) is 4.94. The van der Waals surface area contributed by atoms with Crippen LogP contribution in [0.1, 0.15) is 45.8 Å². The quantitative estimate of drug-likeness (QED) is 0.416. The fourth-order valence-electron chi connectivity index (χ4n) is 3.19. The van der Waals surface area contributed by atoms with E-state index >= 15 is 0 Å². The number of nitrogens with one attached hydrogen (secondary N) is 2. The minimum atomic E-state index is -4.52. The molecule has 1 unspecified atom stereocenters. The van der Waals surface area contributed by atoms with Gasteiger partial charge in [0.25, 0.3) is 11.8 Å². The molecule has 8 nitrogen and oxygen atoms in total. The first-order valence-electron chi connectivity index (χ1n) is 10.1. The standard InChI is InChI=1S/C20H21F4N5O3S/c21-9-2-1-3-15-16(18(31)26-14-8-10-33-19(14)32)27-28-29(15)13-6-4-12(5-7-13)17(30)25-11-20(22,23)24/h4-7,14H,1-3,8-11H2,(H,25,30)(H,26,31). The van der Waals surface area contributed by atoms with Crippen LogP contribution >= 0.6 is 11.8 Å². The molecule has 1 aliphatic heterocycles. The third kappa shape index (κ3) is 6.53. The Balaban J connectivity index is 1.80. The Labute approximate surface area is 190 Å². The van der Waals surface area contributed by atoms with E-state index in [4.69, 9.17) is 0 Å². The molecule has 1 aromatic carbocycles. The molecule has 0 radical (unpaired) electrons. The first kappa shape index (κ1) is 24.7. The van der Waals surface area contributed by atoms with Gasteiger partial charge in [-0.1, -0.05) is 17.0 Å². The van der Waals surface area contributed by atoms with E-state index in [9.17, 15) is 31.9 Å². The Morgan fingerprint density at radius 2 is 1.88 bits per heavy atom. The smallest absolute Gasteiger partial charge is 0.343 e. The van der Waals surface area contributed by atoms with Crippen LogP contribution in [-0.2, 0) is 11.2 Å². The monoisotopic (exact) mass is 487 g/mol. The number of thioether (sulfide) groups is 1. The summed E-state index contributed by atoms with van der Waals surface area (Å²) in [5.41, 5.74) is 0.827. The summed E-state index contributed by atoms with van der Waals surface area (Å²) in [6.45, 7) is -1.98. The normalized spacial score (nSPS) is 16.1. The number of hydrogen-bond acceptors (Lipinski definition) is 6. The molecular formula is C20H21F4N5O3S. The molecule has 1 fully saturated rings. The number of carbonyl (C=O) groups excluding carboxylic acids is 3. The lowest BCUT2D eigenvalue weighted by Crippen LogP contribution is -2.37. The van der Waals surface area contributed by atoms with Crippen LogP contribution in [-0.4, -0.2) is 63.1 Å². The molecule has 2 heterocycles. The molecule has 1 aliphatic rings. The first-order chi connectivity index (χ1) is 15.7. The maximum absolute atomic E-state index is 12.7.